The van der Waals surface area contributed by atoms with E-state index >= 15 is 0 Å². The highest BCUT2D eigenvalue weighted by Crippen LogP contribution is 2.21. The molecule has 1 aliphatic heterocycles. The summed E-state index contributed by atoms with van der Waals surface area (Å²) in [6, 6.07) is 4.86. The lowest BCUT2D eigenvalue weighted by atomic mass is 10.2. The van der Waals surface area contributed by atoms with Gasteiger partial charge in [-0.15, -0.1) is 0 Å². The van der Waals surface area contributed by atoms with E-state index in [2.05, 4.69) is 10.6 Å². The highest BCUT2D eigenvalue weighted by Gasteiger charge is 2.28. The molecule has 0 aromatic heterocycles. The van der Waals surface area contributed by atoms with E-state index in [9.17, 15) is 22.8 Å². The van der Waals surface area contributed by atoms with Gasteiger partial charge in [-0.3, -0.25) is 10.1 Å². The van der Waals surface area contributed by atoms with E-state index in [1.54, 1.807) is 0 Å². The molecule has 9 nitrogen and oxygen atoms in total. The van der Waals surface area contributed by atoms with Crippen LogP contribution >= 0.6 is 0 Å². The Hall–Kier alpha value is -2.46. The lowest BCUT2D eigenvalue weighted by Gasteiger charge is -2.16. The Balaban J connectivity index is 1.53. The predicted octanol–water partition coefficient (Wildman–Crippen LogP) is 1.78. The van der Waals surface area contributed by atoms with Gasteiger partial charge in [0.05, 0.1) is 10.5 Å². The van der Waals surface area contributed by atoms with Gasteiger partial charge in [-0.1, -0.05) is 12.8 Å². The lowest BCUT2D eigenvalue weighted by molar-refractivity contribution is -0.127. The van der Waals surface area contributed by atoms with Crippen LogP contribution in [0.5, 0.6) is 0 Å². The summed E-state index contributed by atoms with van der Waals surface area (Å²) in [7, 11) is -3.57. The molecule has 2 fully saturated rings. The smallest absolute Gasteiger partial charge is 0.338 e. The van der Waals surface area contributed by atoms with Crippen LogP contribution in [0.4, 0.5) is 4.79 Å². The Morgan fingerprint density at radius 2 is 1.63 bits per heavy atom. The summed E-state index contributed by atoms with van der Waals surface area (Å²) in [6.07, 6.45) is 4.35. The number of esters is 1. The maximum atomic E-state index is 12.5. The number of ether oxygens (including phenoxy) is 1. The van der Waals surface area contributed by atoms with E-state index in [1.165, 1.54) is 35.5 Å². The second-order valence-corrected chi connectivity index (χ2v) is 9.57. The molecule has 2 N–H and O–H groups in total. The second-order valence-electron chi connectivity index (χ2n) is 7.63. The van der Waals surface area contributed by atoms with E-state index in [1.807, 2.05) is 0 Å². The number of hydrogen-bond acceptors (Lipinski definition) is 6. The number of nitrogens with zero attached hydrogens (tertiary/aromatic N) is 1. The average Bonchev–Trinajstić information content (AvgIpc) is 3.42. The molecule has 1 saturated heterocycles. The Labute approximate surface area is 176 Å². The minimum absolute atomic E-state index is 0.0611. The molecule has 3 amide bonds. The highest BCUT2D eigenvalue weighted by molar-refractivity contribution is 7.89. The molecule has 2 aliphatic rings. The fourth-order valence-corrected chi connectivity index (χ4v) is 5.14. The number of imide groups is 1. The predicted molar refractivity (Wildman–Crippen MR) is 108 cm³/mol. The van der Waals surface area contributed by atoms with Gasteiger partial charge in [0.15, 0.2) is 6.10 Å². The van der Waals surface area contributed by atoms with Gasteiger partial charge < -0.3 is 10.1 Å². The largest absolute Gasteiger partial charge is 0.449 e. The summed E-state index contributed by atoms with van der Waals surface area (Å²) in [5.41, 5.74) is 0.116. The van der Waals surface area contributed by atoms with Crippen LogP contribution in [0.1, 0.15) is 55.8 Å². The van der Waals surface area contributed by atoms with Crippen molar-refractivity contribution in [2.75, 3.05) is 13.1 Å². The normalized spacial score (nSPS) is 18.7. The van der Waals surface area contributed by atoms with Gasteiger partial charge in [-0.25, -0.2) is 18.0 Å². The summed E-state index contributed by atoms with van der Waals surface area (Å²) in [6.45, 7) is 2.35. The van der Waals surface area contributed by atoms with Crippen molar-refractivity contribution < 1.29 is 27.5 Å². The lowest BCUT2D eigenvalue weighted by Crippen LogP contribution is -2.47. The molecule has 1 atom stereocenters. The van der Waals surface area contributed by atoms with Crippen molar-refractivity contribution >= 4 is 27.9 Å². The Kier molecular flexibility index (Phi) is 7.09. The Bertz CT molecular complexity index is 888. The molecule has 0 radical (unpaired) electrons. The zero-order valence-electron chi connectivity index (χ0n) is 16.9. The van der Waals surface area contributed by atoms with Crippen LogP contribution in [0.25, 0.3) is 0 Å². The first-order valence-corrected chi connectivity index (χ1v) is 11.6. The third-order valence-electron chi connectivity index (χ3n) is 5.37. The third-order valence-corrected chi connectivity index (χ3v) is 7.29. The van der Waals surface area contributed by atoms with Gasteiger partial charge in [-0.2, -0.15) is 4.31 Å². The molecule has 0 spiro atoms. The third kappa shape index (κ3) is 5.37. The maximum absolute atomic E-state index is 12.5. The van der Waals surface area contributed by atoms with Gasteiger partial charge >= 0.3 is 12.0 Å². The molecule has 1 unspecified atom stereocenters. The van der Waals surface area contributed by atoms with Crippen LogP contribution < -0.4 is 10.6 Å². The fraction of sp³-hybridized carbons (Fsp3) is 0.550. The first-order chi connectivity index (χ1) is 14.3. The van der Waals surface area contributed by atoms with E-state index in [-0.39, 0.29) is 16.5 Å². The van der Waals surface area contributed by atoms with Gasteiger partial charge in [-0.05, 0) is 56.9 Å². The minimum atomic E-state index is -3.57. The van der Waals surface area contributed by atoms with E-state index in [0.717, 1.165) is 38.5 Å². The molecule has 0 bridgehead atoms. The van der Waals surface area contributed by atoms with E-state index in [4.69, 9.17) is 4.74 Å². The summed E-state index contributed by atoms with van der Waals surface area (Å²) >= 11 is 0. The van der Waals surface area contributed by atoms with Gasteiger partial charge in [0.2, 0.25) is 10.0 Å². The molecule has 1 aliphatic carbocycles. The number of rotatable bonds is 6. The number of benzene rings is 1. The zero-order valence-corrected chi connectivity index (χ0v) is 17.7. The first kappa shape index (κ1) is 22.2. The van der Waals surface area contributed by atoms with Crippen molar-refractivity contribution in [3.05, 3.63) is 29.8 Å². The summed E-state index contributed by atoms with van der Waals surface area (Å²) < 4.78 is 31.6. The van der Waals surface area contributed by atoms with Crippen LogP contribution in [0.15, 0.2) is 29.2 Å². The molecule has 1 aromatic carbocycles. The fourth-order valence-electron chi connectivity index (χ4n) is 3.63. The quantitative estimate of drug-likeness (QED) is 0.654. The molecular formula is C20H27N3O6S. The van der Waals surface area contributed by atoms with Gasteiger partial charge in [0, 0.05) is 19.1 Å². The highest BCUT2D eigenvalue weighted by atomic mass is 32.2. The molecule has 3 rings (SSSR count). The molecular weight excluding hydrogens is 410 g/mol. The van der Waals surface area contributed by atoms with Crippen molar-refractivity contribution in [3.8, 4) is 0 Å². The Morgan fingerprint density at radius 3 is 2.23 bits per heavy atom. The number of urea groups is 1. The SMILES string of the molecule is CC(OC(=O)c1ccc(S(=O)(=O)N2CCCC2)cc1)C(=O)NC(=O)NC1CCCC1. The molecule has 30 heavy (non-hydrogen) atoms. The second kappa shape index (κ2) is 9.57. The van der Waals surface area contributed by atoms with Crippen molar-refractivity contribution in [1.29, 1.82) is 0 Å². The van der Waals surface area contributed by atoms with E-state index in [0.29, 0.717) is 13.1 Å². The standard InChI is InChI=1S/C20H27N3O6S/c1-14(18(24)22-20(26)21-16-6-2-3-7-16)29-19(25)15-8-10-17(11-9-15)30(27,28)23-12-4-5-13-23/h8-11,14,16H,2-7,12-13H2,1H3,(H2,21,22,24,26). The van der Waals surface area contributed by atoms with Gasteiger partial charge in [0.1, 0.15) is 0 Å². The number of carbonyl (C=O) groups is 3. The number of carbonyl (C=O) groups excluding carboxylic acids is 3. The average molecular weight is 438 g/mol. The number of nitrogens with one attached hydrogen (secondary N) is 2. The molecule has 10 heteroatoms. The van der Waals surface area contributed by atoms with Crippen molar-refractivity contribution in [1.82, 2.24) is 14.9 Å². The zero-order chi connectivity index (χ0) is 21.7. The monoisotopic (exact) mass is 437 g/mol. The first-order valence-electron chi connectivity index (χ1n) is 10.2. The van der Waals surface area contributed by atoms with Gasteiger partial charge in [0.25, 0.3) is 5.91 Å². The van der Waals surface area contributed by atoms with Crippen molar-refractivity contribution in [2.24, 2.45) is 0 Å². The van der Waals surface area contributed by atoms with Crippen LogP contribution in [-0.4, -0.2) is 55.9 Å². The Morgan fingerprint density at radius 1 is 1.03 bits per heavy atom. The molecule has 1 heterocycles. The van der Waals surface area contributed by atoms with Crippen molar-refractivity contribution in [2.45, 2.75) is 62.5 Å². The molecule has 164 valence electrons. The minimum Gasteiger partial charge on any atom is -0.449 e. The van der Waals surface area contributed by atoms with Crippen LogP contribution in [0.3, 0.4) is 0 Å². The maximum Gasteiger partial charge on any atom is 0.338 e. The van der Waals surface area contributed by atoms with Crippen LogP contribution in [0, 0.1) is 0 Å². The molecule has 1 aromatic rings. The number of amides is 3. The summed E-state index contributed by atoms with van der Waals surface area (Å²) in [5.74, 6) is -1.51. The summed E-state index contributed by atoms with van der Waals surface area (Å²) in [5, 5.41) is 4.89. The number of hydrogen-bond donors (Lipinski definition) is 2. The summed E-state index contributed by atoms with van der Waals surface area (Å²) in [4.78, 5) is 36.3. The van der Waals surface area contributed by atoms with E-state index < -0.39 is 34.0 Å². The van der Waals surface area contributed by atoms with Crippen molar-refractivity contribution in [3.63, 3.8) is 0 Å². The van der Waals surface area contributed by atoms with Crippen LogP contribution in [0.2, 0.25) is 0 Å². The topological polar surface area (TPSA) is 122 Å². The molecule has 1 saturated carbocycles. The number of sulfonamides is 1. The van der Waals surface area contributed by atoms with Crippen LogP contribution in [-0.2, 0) is 19.6 Å².